The van der Waals surface area contributed by atoms with E-state index < -0.39 is 0 Å². The Bertz CT molecular complexity index is 1880. The van der Waals surface area contributed by atoms with Gasteiger partial charge in [0.25, 0.3) is 0 Å². The first-order valence-corrected chi connectivity index (χ1v) is 20.4. The van der Waals surface area contributed by atoms with E-state index in [1.165, 1.54) is 5.57 Å². The smallest absolute Gasteiger partial charge is 0.445 e. The lowest BCUT2D eigenvalue weighted by atomic mass is 9.75. The van der Waals surface area contributed by atoms with Crippen molar-refractivity contribution in [1.82, 2.24) is 14.7 Å². The lowest BCUT2D eigenvalue weighted by Crippen LogP contribution is -2.41. The number of likely N-dealkylation sites (tertiary alicyclic amines) is 1. The number of amides is 3. The minimum absolute atomic E-state index is 0.220. The van der Waals surface area contributed by atoms with E-state index >= 15 is 0 Å². The molecule has 4 aliphatic heterocycles. The Morgan fingerprint density at radius 1 is 0.559 bits per heavy atom. The molecular weight excluding hydrogens is 749 g/mol. The van der Waals surface area contributed by atoms with E-state index in [0.29, 0.717) is 58.8 Å². The second-order valence-corrected chi connectivity index (χ2v) is 16.0. The Balaban J connectivity index is 0.000000173. The summed E-state index contributed by atoms with van der Waals surface area (Å²) in [6.45, 7) is 14.7. The number of hydrogen-bond donors (Lipinski definition) is 0. The molecule has 0 bridgehead atoms. The molecule has 0 N–H and O–H groups in total. The van der Waals surface area contributed by atoms with E-state index in [4.69, 9.17) is 23.5 Å². The molecule has 0 saturated carbocycles. The number of piperidine rings is 1. The molecule has 0 spiro atoms. The van der Waals surface area contributed by atoms with Crippen LogP contribution in [-0.2, 0) is 48.1 Å². The van der Waals surface area contributed by atoms with Crippen LogP contribution in [0.25, 0.3) is 0 Å². The van der Waals surface area contributed by atoms with Gasteiger partial charge in [-0.1, -0.05) is 109 Å². The molecule has 59 heavy (non-hydrogen) atoms. The van der Waals surface area contributed by atoms with Gasteiger partial charge in [-0.3, -0.25) is 4.79 Å². The number of benzene rings is 3. The van der Waals surface area contributed by atoms with Gasteiger partial charge in [-0.25, -0.2) is 14.4 Å². The van der Waals surface area contributed by atoms with Crippen LogP contribution in [0.3, 0.4) is 0 Å². The molecule has 2 fully saturated rings. The molecular formula is C46H58BN3O9. The molecule has 0 aromatic heterocycles. The third kappa shape index (κ3) is 13.9. The summed E-state index contributed by atoms with van der Waals surface area (Å²) in [5.41, 5.74) is 4.73. The second-order valence-electron chi connectivity index (χ2n) is 16.0. The fourth-order valence-electron chi connectivity index (χ4n) is 6.37. The lowest BCUT2D eigenvalue weighted by molar-refractivity contribution is -0.121. The molecule has 3 amide bonds. The zero-order valence-electron chi connectivity index (χ0n) is 35.1. The zero-order valence-corrected chi connectivity index (χ0v) is 35.1. The van der Waals surface area contributed by atoms with Gasteiger partial charge in [0.2, 0.25) is 0 Å². The van der Waals surface area contributed by atoms with Gasteiger partial charge in [0.05, 0.1) is 11.2 Å². The van der Waals surface area contributed by atoms with Gasteiger partial charge >= 0.3 is 25.4 Å². The fourth-order valence-corrected chi connectivity index (χ4v) is 6.37. The summed E-state index contributed by atoms with van der Waals surface area (Å²) in [5.74, 6) is 0.220. The third-order valence-electron chi connectivity index (χ3n) is 10.9. The maximum Gasteiger partial charge on any atom is 0.490 e. The molecule has 4 heterocycles. The first-order chi connectivity index (χ1) is 28.3. The molecule has 3 aromatic rings. The average Bonchev–Trinajstić information content (AvgIpc) is 3.48. The molecule has 0 atom stereocenters. The largest absolute Gasteiger partial charge is 0.490 e. The number of ketones is 1. The lowest BCUT2D eigenvalue weighted by Gasteiger charge is -2.32. The van der Waals surface area contributed by atoms with Crippen LogP contribution < -0.4 is 0 Å². The van der Waals surface area contributed by atoms with Crippen LogP contribution >= 0.6 is 0 Å². The molecule has 3 aromatic carbocycles. The highest BCUT2D eigenvalue weighted by molar-refractivity contribution is 6.54. The Kier molecular flexibility index (Phi) is 16.3. The standard InChI is InChI=1S/C19H26BNO4.C14H17NO2.C13H15NO3/c1-18(2)19(3,4)25-20(24-18)16-10-12-21(13-11-16)17(22)23-14-15-8-6-5-7-9-15;1-12-7-9-15(10-8-12)14(16)17-11-13-5-3-2-4-6-13;15-12-6-8-14(9-7-12)13(16)17-10-11-4-2-1-3-5-11/h5-10H,11-14H2,1-4H3;2-7H,8-11H2,1H3;1-5H,6-10H2. The van der Waals surface area contributed by atoms with Crippen molar-refractivity contribution in [1.29, 1.82) is 0 Å². The Hall–Kier alpha value is -5.40. The van der Waals surface area contributed by atoms with Crippen LogP contribution in [0.2, 0.25) is 0 Å². The molecule has 0 aliphatic carbocycles. The molecule has 13 heteroatoms. The van der Waals surface area contributed by atoms with E-state index in [1.54, 1.807) is 14.7 Å². The molecule has 7 rings (SSSR count). The molecule has 12 nitrogen and oxygen atoms in total. The summed E-state index contributed by atoms with van der Waals surface area (Å²) in [5, 5.41) is 0. The maximum atomic E-state index is 12.2. The predicted octanol–water partition coefficient (Wildman–Crippen LogP) is 8.55. The van der Waals surface area contributed by atoms with Crippen molar-refractivity contribution < 1.29 is 42.7 Å². The summed E-state index contributed by atoms with van der Waals surface area (Å²) in [6.07, 6.45) is 5.83. The number of nitrogens with zero attached hydrogens (tertiary/aromatic N) is 3. The first-order valence-electron chi connectivity index (χ1n) is 20.4. The van der Waals surface area contributed by atoms with E-state index in [2.05, 4.69) is 13.0 Å². The third-order valence-corrected chi connectivity index (χ3v) is 10.9. The first kappa shape index (κ1) is 44.7. The van der Waals surface area contributed by atoms with Crippen LogP contribution in [0, 0.1) is 0 Å². The summed E-state index contributed by atoms with van der Waals surface area (Å²) >= 11 is 0. The van der Waals surface area contributed by atoms with Crippen molar-refractivity contribution in [3.8, 4) is 0 Å². The minimum atomic E-state index is -0.343. The van der Waals surface area contributed by atoms with Gasteiger partial charge in [-0.05, 0) is 69.6 Å². The van der Waals surface area contributed by atoms with Crippen LogP contribution in [0.4, 0.5) is 14.4 Å². The van der Waals surface area contributed by atoms with Crippen molar-refractivity contribution in [2.45, 2.75) is 91.3 Å². The van der Waals surface area contributed by atoms with Crippen molar-refractivity contribution in [3.63, 3.8) is 0 Å². The van der Waals surface area contributed by atoms with Crippen molar-refractivity contribution in [3.05, 3.63) is 131 Å². The average molecular weight is 808 g/mol. The Morgan fingerprint density at radius 3 is 1.31 bits per heavy atom. The second kappa shape index (κ2) is 21.6. The number of Topliss-reactive ketones (excluding diaryl/α,β-unsaturated/α-hetero) is 1. The number of rotatable bonds is 7. The van der Waals surface area contributed by atoms with Gasteiger partial charge in [-0.15, -0.1) is 0 Å². The summed E-state index contributed by atoms with van der Waals surface area (Å²) in [7, 11) is -0.326. The normalized spacial score (nSPS) is 18.2. The van der Waals surface area contributed by atoms with Gasteiger partial charge in [0.1, 0.15) is 25.6 Å². The Labute approximate surface area is 349 Å². The van der Waals surface area contributed by atoms with Gasteiger partial charge in [0, 0.05) is 52.1 Å². The van der Waals surface area contributed by atoms with Crippen molar-refractivity contribution >= 4 is 31.2 Å². The number of ether oxygens (including phenoxy) is 3. The van der Waals surface area contributed by atoms with Gasteiger partial charge in [-0.2, -0.15) is 0 Å². The zero-order chi connectivity index (χ0) is 42.3. The molecule has 2 saturated heterocycles. The highest BCUT2D eigenvalue weighted by Crippen LogP contribution is 2.39. The van der Waals surface area contributed by atoms with E-state index in [0.717, 1.165) is 41.5 Å². The van der Waals surface area contributed by atoms with E-state index in [9.17, 15) is 19.2 Å². The maximum absolute atomic E-state index is 12.2. The number of carbonyl (C=O) groups is 4. The molecule has 0 radical (unpaired) electrons. The monoisotopic (exact) mass is 807 g/mol. The SMILES string of the molecule is CC1(C)OB(C2=CCN(C(=O)OCc3ccccc3)CC2)OC1(C)C.CC1=CCN(C(=O)OCc2ccccc2)CC1.O=C1CCN(C(=O)OCc2ccccc2)CC1. The predicted molar refractivity (Wildman–Crippen MR) is 226 cm³/mol. The van der Waals surface area contributed by atoms with E-state index in [-0.39, 0.29) is 49.0 Å². The van der Waals surface area contributed by atoms with Crippen molar-refractivity contribution in [2.24, 2.45) is 0 Å². The summed E-state index contributed by atoms with van der Waals surface area (Å²) in [6, 6.07) is 29.0. The van der Waals surface area contributed by atoms with Crippen LogP contribution in [0.1, 0.15) is 77.0 Å². The van der Waals surface area contributed by atoms with Crippen LogP contribution in [0.15, 0.2) is 114 Å². The fraction of sp³-hybridized carbons (Fsp3) is 0.435. The Morgan fingerprint density at radius 2 is 0.932 bits per heavy atom. The highest BCUT2D eigenvalue weighted by Gasteiger charge is 2.52. The molecule has 0 unspecified atom stereocenters. The van der Waals surface area contributed by atoms with Crippen molar-refractivity contribution in [2.75, 3.05) is 39.3 Å². The van der Waals surface area contributed by atoms with E-state index in [1.807, 2.05) is 125 Å². The van der Waals surface area contributed by atoms with Crippen LogP contribution in [-0.4, -0.2) is 96.4 Å². The number of hydrogen-bond acceptors (Lipinski definition) is 9. The molecule has 314 valence electrons. The summed E-state index contributed by atoms with van der Waals surface area (Å²) in [4.78, 5) is 51.7. The van der Waals surface area contributed by atoms with Gasteiger partial charge < -0.3 is 38.2 Å². The quantitative estimate of drug-likeness (QED) is 0.131. The van der Waals surface area contributed by atoms with Crippen LogP contribution in [0.5, 0.6) is 0 Å². The van der Waals surface area contributed by atoms with Gasteiger partial charge in [0.15, 0.2) is 0 Å². The summed E-state index contributed by atoms with van der Waals surface area (Å²) < 4.78 is 28.0. The molecule has 4 aliphatic rings. The topological polar surface area (TPSA) is 124 Å². The number of carbonyl (C=O) groups excluding carboxylic acids is 4. The minimum Gasteiger partial charge on any atom is -0.445 e. The highest BCUT2D eigenvalue weighted by atomic mass is 16.7.